The van der Waals surface area contributed by atoms with Gasteiger partial charge in [-0.2, -0.15) is 4.37 Å². The molecular formula is C22H20N6OS. The minimum atomic E-state index is -0.488. The minimum absolute atomic E-state index is 0.414. The lowest BCUT2D eigenvalue weighted by atomic mass is 10.1. The van der Waals surface area contributed by atoms with Gasteiger partial charge in [0.1, 0.15) is 10.7 Å². The Hall–Kier alpha value is -3.36. The molecule has 4 aromatic rings. The van der Waals surface area contributed by atoms with Gasteiger partial charge in [0.05, 0.1) is 16.8 Å². The maximum atomic E-state index is 11.8. The van der Waals surface area contributed by atoms with E-state index in [1.807, 2.05) is 30.3 Å². The van der Waals surface area contributed by atoms with Crippen molar-refractivity contribution in [1.29, 1.82) is 0 Å². The van der Waals surface area contributed by atoms with Crippen LogP contribution in [-0.2, 0) is 19.5 Å². The van der Waals surface area contributed by atoms with E-state index in [0.29, 0.717) is 30.0 Å². The van der Waals surface area contributed by atoms with E-state index in [-0.39, 0.29) is 0 Å². The molecule has 0 saturated carbocycles. The Kier molecular flexibility index (Phi) is 4.86. The van der Waals surface area contributed by atoms with Crippen molar-refractivity contribution in [2.24, 2.45) is 5.73 Å². The molecule has 1 amide bonds. The Morgan fingerprint density at radius 2 is 2.00 bits per heavy atom. The van der Waals surface area contributed by atoms with Crippen LogP contribution in [-0.4, -0.2) is 26.8 Å². The second-order valence-electron chi connectivity index (χ2n) is 7.16. The lowest BCUT2D eigenvalue weighted by Gasteiger charge is -2.20. The highest BCUT2D eigenvalue weighted by Crippen LogP contribution is 2.34. The standard InChI is InChI=1S/C22H20N6OS/c23-20(29)16-8-4-7-15-18(16)28-30-19(15)22-26-17-12-24-10-9-14(17)21(27-22)25-11-13-5-2-1-3-6-13/h1-8,24H,9-12H2,(H2,23,29)(H,25,26,27). The highest BCUT2D eigenvalue weighted by atomic mass is 32.1. The second-order valence-corrected chi connectivity index (χ2v) is 7.94. The van der Waals surface area contributed by atoms with Crippen molar-refractivity contribution in [2.75, 3.05) is 11.9 Å². The topological polar surface area (TPSA) is 106 Å². The van der Waals surface area contributed by atoms with Gasteiger partial charge in [-0.05, 0) is 36.1 Å². The first kappa shape index (κ1) is 18.7. The van der Waals surface area contributed by atoms with Crippen LogP contribution in [0.25, 0.3) is 21.6 Å². The predicted octanol–water partition coefficient (Wildman–Crippen LogP) is 3.11. The van der Waals surface area contributed by atoms with Gasteiger partial charge >= 0.3 is 0 Å². The van der Waals surface area contributed by atoms with Gasteiger partial charge in [0, 0.05) is 24.0 Å². The molecule has 0 fully saturated rings. The maximum Gasteiger partial charge on any atom is 0.250 e. The van der Waals surface area contributed by atoms with Crippen LogP contribution in [0.3, 0.4) is 0 Å². The van der Waals surface area contributed by atoms with E-state index in [2.05, 4.69) is 27.1 Å². The molecule has 0 unspecified atom stereocenters. The first-order chi connectivity index (χ1) is 14.7. The number of benzene rings is 2. The molecule has 0 spiro atoms. The molecule has 2 aromatic carbocycles. The molecule has 150 valence electrons. The number of carbonyl (C=O) groups is 1. The number of nitrogens with two attached hydrogens (primary N) is 1. The number of carbonyl (C=O) groups excluding carboxylic acids is 1. The van der Waals surface area contributed by atoms with Crippen LogP contribution in [0, 0.1) is 0 Å². The van der Waals surface area contributed by atoms with E-state index in [0.717, 1.165) is 40.3 Å². The van der Waals surface area contributed by atoms with E-state index in [1.54, 1.807) is 6.07 Å². The van der Waals surface area contributed by atoms with Crippen LogP contribution in [0.15, 0.2) is 48.5 Å². The molecule has 0 radical (unpaired) electrons. The van der Waals surface area contributed by atoms with Crippen molar-refractivity contribution >= 4 is 34.2 Å². The molecule has 0 aliphatic carbocycles. The summed E-state index contributed by atoms with van der Waals surface area (Å²) >= 11 is 1.29. The Morgan fingerprint density at radius 3 is 2.83 bits per heavy atom. The number of rotatable bonds is 5. The Bertz CT molecular complexity index is 1240. The molecular weight excluding hydrogens is 396 g/mol. The highest BCUT2D eigenvalue weighted by Gasteiger charge is 2.21. The third-order valence-corrected chi connectivity index (χ3v) is 6.08. The maximum absolute atomic E-state index is 11.8. The third kappa shape index (κ3) is 3.40. The third-order valence-electron chi connectivity index (χ3n) is 5.22. The van der Waals surface area contributed by atoms with Gasteiger partial charge in [-0.25, -0.2) is 9.97 Å². The van der Waals surface area contributed by atoms with Crippen molar-refractivity contribution in [3.63, 3.8) is 0 Å². The van der Waals surface area contributed by atoms with Crippen molar-refractivity contribution < 1.29 is 4.79 Å². The van der Waals surface area contributed by atoms with Crippen LogP contribution in [0.1, 0.15) is 27.2 Å². The Labute approximate surface area is 177 Å². The van der Waals surface area contributed by atoms with E-state index in [9.17, 15) is 4.79 Å². The minimum Gasteiger partial charge on any atom is -0.366 e. The molecule has 1 aliphatic rings. The number of hydrogen-bond donors (Lipinski definition) is 3. The normalized spacial score (nSPS) is 13.2. The Morgan fingerprint density at radius 1 is 1.13 bits per heavy atom. The highest BCUT2D eigenvalue weighted by molar-refractivity contribution is 7.11. The Balaban J connectivity index is 1.58. The predicted molar refractivity (Wildman–Crippen MR) is 118 cm³/mol. The van der Waals surface area contributed by atoms with Crippen LogP contribution in [0.5, 0.6) is 0 Å². The largest absolute Gasteiger partial charge is 0.366 e. The van der Waals surface area contributed by atoms with E-state index >= 15 is 0 Å². The number of hydrogen-bond acceptors (Lipinski definition) is 7. The molecule has 4 N–H and O–H groups in total. The molecule has 3 heterocycles. The van der Waals surface area contributed by atoms with Crippen LogP contribution in [0.4, 0.5) is 5.82 Å². The monoisotopic (exact) mass is 416 g/mol. The number of aromatic nitrogens is 3. The fourth-order valence-corrected chi connectivity index (χ4v) is 4.53. The van der Waals surface area contributed by atoms with Crippen molar-refractivity contribution in [3.05, 3.63) is 70.9 Å². The first-order valence-electron chi connectivity index (χ1n) is 9.77. The molecule has 1 aliphatic heterocycles. The number of primary amides is 1. The zero-order valence-corrected chi connectivity index (χ0v) is 17.0. The summed E-state index contributed by atoms with van der Waals surface area (Å²) in [5.41, 5.74) is 9.87. The number of fused-ring (bicyclic) bond motifs is 2. The van der Waals surface area contributed by atoms with E-state index in [4.69, 9.17) is 15.7 Å². The lowest BCUT2D eigenvalue weighted by molar-refractivity contribution is 0.100. The molecule has 0 bridgehead atoms. The number of amides is 1. The average Bonchev–Trinajstić information content (AvgIpc) is 3.22. The number of nitrogens with one attached hydrogen (secondary N) is 2. The smallest absolute Gasteiger partial charge is 0.250 e. The number of anilines is 1. The van der Waals surface area contributed by atoms with Crippen molar-refractivity contribution in [2.45, 2.75) is 19.5 Å². The summed E-state index contributed by atoms with van der Waals surface area (Å²) in [6, 6.07) is 15.7. The molecule has 0 saturated heterocycles. The summed E-state index contributed by atoms with van der Waals surface area (Å²) in [4.78, 5) is 22.3. The summed E-state index contributed by atoms with van der Waals surface area (Å²) in [5.74, 6) is 0.980. The molecule has 8 heteroatoms. The second kappa shape index (κ2) is 7.81. The zero-order valence-electron chi connectivity index (χ0n) is 16.2. The molecule has 2 aromatic heterocycles. The quantitative estimate of drug-likeness (QED) is 0.462. The van der Waals surface area contributed by atoms with Crippen molar-refractivity contribution in [1.82, 2.24) is 19.7 Å². The fraction of sp³-hybridized carbons (Fsp3) is 0.182. The summed E-state index contributed by atoms with van der Waals surface area (Å²) in [6.07, 6.45) is 0.877. The van der Waals surface area contributed by atoms with Crippen LogP contribution in [0.2, 0.25) is 0 Å². The molecule has 5 rings (SSSR count). The van der Waals surface area contributed by atoms with Gasteiger partial charge in [-0.15, -0.1) is 0 Å². The van der Waals surface area contributed by atoms with Crippen LogP contribution >= 0.6 is 11.5 Å². The molecule has 30 heavy (non-hydrogen) atoms. The van der Waals surface area contributed by atoms with Gasteiger partial charge in [-0.1, -0.05) is 42.5 Å². The van der Waals surface area contributed by atoms with Gasteiger partial charge < -0.3 is 16.4 Å². The molecule has 7 nitrogen and oxygen atoms in total. The summed E-state index contributed by atoms with van der Waals surface area (Å²) in [6.45, 7) is 2.29. The summed E-state index contributed by atoms with van der Waals surface area (Å²) in [7, 11) is 0. The van der Waals surface area contributed by atoms with Crippen LogP contribution < -0.4 is 16.4 Å². The average molecular weight is 417 g/mol. The van der Waals surface area contributed by atoms with Gasteiger partial charge in [-0.3, -0.25) is 4.79 Å². The van der Waals surface area contributed by atoms with E-state index in [1.165, 1.54) is 17.1 Å². The van der Waals surface area contributed by atoms with E-state index < -0.39 is 5.91 Å². The van der Waals surface area contributed by atoms with Gasteiger partial charge in [0.15, 0.2) is 5.82 Å². The summed E-state index contributed by atoms with van der Waals surface area (Å²) in [5, 5.41) is 7.73. The SMILES string of the molecule is NC(=O)c1cccc2c(-c3nc4c(c(NCc5ccccc5)n3)CCNC4)snc12. The first-order valence-corrected chi connectivity index (χ1v) is 10.5. The van der Waals surface area contributed by atoms with Crippen molar-refractivity contribution in [3.8, 4) is 10.7 Å². The zero-order chi connectivity index (χ0) is 20.5. The number of nitrogens with zero attached hydrogens (tertiary/aromatic N) is 3. The molecule has 0 atom stereocenters. The summed E-state index contributed by atoms with van der Waals surface area (Å²) < 4.78 is 4.48. The lowest BCUT2D eigenvalue weighted by Crippen LogP contribution is -2.26. The fourth-order valence-electron chi connectivity index (χ4n) is 3.71. The van der Waals surface area contributed by atoms with Gasteiger partial charge in [0.25, 0.3) is 5.91 Å². The van der Waals surface area contributed by atoms with Gasteiger partial charge in [0.2, 0.25) is 0 Å².